The average Bonchev–Trinajstić information content (AvgIpc) is 2.76. The number of carbonyl (C=O) groups excluding carboxylic acids is 1. The van der Waals surface area contributed by atoms with Gasteiger partial charge in [-0.1, -0.05) is 0 Å². The van der Waals surface area contributed by atoms with Crippen molar-refractivity contribution in [3.8, 4) is 5.75 Å². The van der Waals surface area contributed by atoms with E-state index in [1.807, 2.05) is 6.92 Å². The smallest absolute Gasteiger partial charge is 0.269 e. The van der Waals surface area contributed by atoms with Crippen molar-refractivity contribution in [2.45, 2.75) is 18.4 Å². The maximum absolute atomic E-state index is 12.9. The molecular weight excluding hydrogens is 386 g/mol. The molecular formula is C18H17N3O6S. The summed E-state index contributed by atoms with van der Waals surface area (Å²) in [6.07, 6.45) is 1.11. The second kappa shape index (κ2) is 7.69. The quantitative estimate of drug-likeness (QED) is 0.445. The fraction of sp³-hybridized carbons (Fsp3) is 0.167. The molecule has 1 aliphatic rings. The Kier molecular flexibility index (Phi) is 5.32. The molecule has 1 heterocycles. The molecule has 0 unspecified atom stereocenters. The summed E-state index contributed by atoms with van der Waals surface area (Å²) in [4.78, 5) is 22.0. The van der Waals surface area contributed by atoms with Gasteiger partial charge in [-0.3, -0.25) is 14.9 Å². The number of ether oxygens (including phenoxy) is 1. The number of fused-ring (bicyclic) bond motifs is 1. The Morgan fingerprint density at radius 3 is 2.61 bits per heavy atom. The SMILES string of the molecule is CCOc1ccc(N/C=C2\C(=O)NCc3cc([N+](=O)[O-])ccc3S2(=O)=O)cc1. The molecule has 0 aliphatic carbocycles. The molecule has 9 nitrogen and oxygen atoms in total. The number of non-ortho nitro benzene ring substituents is 1. The van der Waals surface area contributed by atoms with E-state index in [0.29, 0.717) is 18.0 Å². The number of hydrogen-bond acceptors (Lipinski definition) is 7. The standard InChI is InChI=1S/C18H17N3O6S/c1-2-27-15-6-3-13(4-7-15)19-11-17-18(22)20-10-12-9-14(21(23)24)5-8-16(12)28(17,25)26/h3-9,11,19H,2,10H2,1H3,(H,20,22)/b17-11+. The van der Waals surface area contributed by atoms with Crippen LogP contribution in [0, 0.1) is 10.1 Å². The summed E-state index contributed by atoms with van der Waals surface area (Å²) in [6.45, 7) is 2.25. The zero-order valence-electron chi connectivity index (χ0n) is 14.8. The summed E-state index contributed by atoms with van der Waals surface area (Å²) in [5.41, 5.74) is 0.474. The Bertz CT molecular complexity index is 1060. The Morgan fingerprint density at radius 2 is 1.96 bits per heavy atom. The minimum atomic E-state index is -4.16. The number of nitrogens with zero attached hydrogens (tertiary/aromatic N) is 1. The molecule has 1 aliphatic heterocycles. The van der Waals surface area contributed by atoms with Crippen molar-refractivity contribution < 1.29 is 22.9 Å². The lowest BCUT2D eigenvalue weighted by atomic mass is 10.2. The van der Waals surface area contributed by atoms with E-state index in [1.165, 1.54) is 0 Å². The van der Waals surface area contributed by atoms with Crippen LogP contribution in [0.5, 0.6) is 5.75 Å². The van der Waals surface area contributed by atoms with Gasteiger partial charge in [0.05, 0.1) is 16.4 Å². The van der Waals surface area contributed by atoms with E-state index in [1.54, 1.807) is 24.3 Å². The van der Waals surface area contributed by atoms with Crippen molar-refractivity contribution in [3.05, 3.63) is 69.2 Å². The van der Waals surface area contributed by atoms with Crippen molar-refractivity contribution in [2.24, 2.45) is 0 Å². The summed E-state index contributed by atoms with van der Waals surface area (Å²) in [5.74, 6) is -0.131. The highest BCUT2D eigenvalue weighted by molar-refractivity contribution is 7.96. The molecule has 2 N–H and O–H groups in total. The van der Waals surface area contributed by atoms with Gasteiger partial charge < -0.3 is 15.4 Å². The van der Waals surface area contributed by atoms with Gasteiger partial charge >= 0.3 is 0 Å². The van der Waals surface area contributed by atoms with Crippen LogP contribution >= 0.6 is 0 Å². The van der Waals surface area contributed by atoms with Crippen LogP contribution in [0.2, 0.25) is 0 Å². The number of nitrogens with one attached hydrogen (secondary N) is 2. The van der Waals surface area contributed by atoms with Crippen molar-refractivity contribution in [3.63, 3.8) is 0 Å². The molecule has 0 spiro atoms. The fourth-order valence-corrected chi connectivity index (χ4v) is 4.18. The molecule has 0 radical (unpaired) electrons. The van der Waals surface area contributed by atoms with Gasteiger partial charge in [0.2, 0.25) is 9.84 Å². The number of rotatable bonds is 5. The number of hydrogen-bond donors (Lipinski definition) is 2. The largest absolute Gasteiger partial charge is 0.494 e. The van der Waals surface area contributed by atoms with Crippen molar-refractivity contribution in [1.29, 1.82) is 0 Å². The number of amides is 1. The van der Waals surface area contributed by atoms with Gasteiger partial charge in [-0.05, 0) is 42.8 Å². The number of nitro benzene ring substituents is 1. The molecule has 0 fully saturated rings. The van der Waals surface area contributed by atoms with Gasteiger partial charge in [-0.2, -0.15) is 0 Å². The van der Waals surface area contributed by atoms with Crippen LogP contribution in [0.4, 0.5) is 11.4 Å². The zero-order valence-corrected chi connectivity index (χ0v) is 15.7. The van der Waals surface area contributed by atoms with Crippen LogP contribution in [-0.4, -0.2) is 25.9 Å². The second-order valence-electron chi connectivity index (χ2n) is 5.85. The molecule has 0 atom stereocenters. The highest BCUT2D eigenvalue weighted by atomic mass is 32.2. The Balaban J connectivity index is 1.94. The first-order valence-electron chi connectivity index (χ1n) is 8.33. The molecule has 0 saturated carbocycles. The normalized spacial score (nSPS) is 16.6. The van der Waals surface area contributed by atoms with E-state index in [9.17, 15) is 23.3 Å². The third-order valence-corrected chi connectivity index (χ3v) is 5.89. The van der Waals surface area contributed by atoms with Crippen LogP contribution in [0.3, 0.4) is 0 Å². The number of nitro groups is 1. The molecule has 0 aromatic heterocycles. The summed E-state index contributed by atoms with van der Waals surface area (Å²) in [6, 6.07) is 10.2. The number of sulfone groups is 1. The second-order valence-corrected chi connectivity index (χ2v) is 7.73. The summed E-state index contributed by atoms with van der Waals surface area (Å²) >= 11 is 0. The van der Waals surface area contributed by atoms with E-state index in [0.717, 1.165) is 24.4 Å². The van der Waals surface area contributed by atoms with Crippen molar-refractivity contribution in [1.82, 2.24) is 5.32 Å². The lowest BCUT2D eigenvalue weighted by molar-refractivity contribution is -0.385. The average molecular weight is 403 g/mol. The first-order chi connectivity index (χ1) is 13.3. The van der Waals surface area contributed by atoms with Crippen LogP contribution < -0.4 is 15.4 Å². The lowest BCUT2D eigenvalue weighted by Gasteiger charge is -2.08. The first kappa shape index (κ1) is 19.4. The van der Waals surface area contributed by atoms with Crippen LogP contribution in [0.15, 0.2) is 58.5 Å². The van der Waals surface area contributed by atoms with Gasteiger partial charge in [-0.15, -0.1) is 0 Å². The van der Waals surface area contributed by atoms with E-state index < -0.39 is 25.6 Å². The molecule has 10 heteroatoms. The number of benzene rings is 2. The Morgan fingerprint density at radius 1 is 1.25 bits per heavy atom. The summed E-state index contributed by atoms with van der Waals surface area (Å²) in [5, 5.41) is 16.2. The molecule has 2 aromatic carbocycles. The third kappa shape index (κ3) is 3.81. The first-order valence-corrected chi connectivity index (χ1v) is 9.81. The lowest BCUT2D eigenvalue weighted by Crippen LogP contribution is -2.25. The highest BCUT2D eigenvalue weighted by Gasteiger charge is 2.33. The number of anilines is 1. The van der Waals surface area contributed by atoms with Crippen LogP contribution in [0.25, 0.3) is 0 Å². The predicted molar refractivity (Wildman–Crippen MR) is 101 cm³/mol. The van der Waals surface area contributed by atoms with E-state index in [-0.39, 0.29) is 22.7 Å². The Hall–Kier alpha value is -3.40. The minimum absolute atomic E-state index is 0.129. The topological polar surface area (TPSA) is 128 Å². The molecule has 0 saturated heterocycles. The highest BCUT2D eigenvalue weighted by Crippen LogP contribution is 2.29. The molecule has 0 bridgehead atoms. The monoisotopic (exact) mass is 403 g/mol. The summed E-state index contributed by atoms with van der Waals surface area (Å²) < 4.78 is 31.2. The van der Waals surface area contributed by atoms with Gasteiger partial charge in [0.1, 0.15) is 5.75 Å². The number of carbonyl (C=O) groups is 1. The molecule has 146 valence electrons. The molecule has 28 heavy (non-hydrogen) atoms. The third-order valence-electron chi connectivity index (χ3n) is 4.03. The maximum atomic E-state index is 12.9. The predicted octanol–water partition coefficient (Wildman–Crippen LogP) is 2.35. The van der Waals surface area contributed by atoms with E-state index >= 15 is 0 Å². The van der Waals surface area contributed by atoms with Gasteiger partial charge in [0.25, 0.3) is 11.6 Å². The molecule has 2 aromatic rings. The molecule has 1 amide bonds. The van der Waals surface area contributed by atoms with E-state index in [4.69, 9.17) is 4.74 Å². The molecule has 3 rings (SSSR count). The van der Waals surface area contributed by atoms with Crippen LogP contribution in [-0.2, 0) is 21.2 Å². The van der Waals surface area contributed by atoms with Crippen molar-refractivity contribution >= 4 is 27.1 Å². The minimum Gasteiger partial charge on any atom is -0.494 e. The maximum Gasteiger partial charge on any atom is 0.269 e. The van der Waals surface area contributed by atoms with Gasteiger partial charge in [0, 0.05) is 30.6 Å². The Labute approximate surface area is 161 Å². The summed E-state index contributed by atoms with van der Waals surface area (Å²) in [7, 11) is -4.16. The van der Waals surface area contributed by atoms with Crippen molar-refractivity contribution in [2.75, 3.05) is 11.9 Å². The van der Waals surface area contributed by atoms with Crippen LogP contribution in [0.1, 0.15) is 12.5 Å². The zero-order chi connectivity index (χ0) is 20.3. The van der Waals surface area contributed by atoms with E-state index in [2.05, 4.69) is 10.6 Å². The van der Waals surface area contributed by atoms with Gasteiger partial charge in [-0.25, -0.2) is 8.42 Å². The van der Waals surface area contributed by atoms with Gasteiger partial charge in [0.15, 0.2) is 4.91 Å². The fourth-order valence-electron chi connectivity index (χ4n) is 2.69.